The number of alkyl carbamates (subject to hydrolysis) is 2. The molecule has 214 valence electrons. The summed E-state index contributed by atoms with van der Waals surface area (Å²) in [4.78, 5) is 45.2. The van der Waals surface area contributed by atoms with Gasteiger partial charge in [-0.25, -0.2) is 9.59 Å². The quantitative estimate of drug-likeness (QED) is 0.383. The molecule has 0 aromatic carbocycles. The van der Waals surface area contributed by atoms with Gasteiger partial charge in [-0.05, 0) is 105 Å². The van der Waals surface area contributed by atoms with Crippen LogP contribution in [0.5, 0.6) is 0 Å². The molecule has 0 saturated heterocycles. The fourth-order valence-corrected chi connectivity index (χ4v) is 4.55. The van der Waals surface area contributed by atoms with Crippen LogP contribution in [0.1, 0.15) is 92.9 Å². The Morgan fingerprint density at radius 3 is 1.35 bits per heavy atom. The lowest BCUT2D eigenvalue weighted by atomic mass is 9.80. The van der Waals surface area contributed by atoms with Crippen molar-refractivity contribution in [2.45, 2.75) is 104 Å². The van der Waals surface area contributed by atoms with E-state index in [1.165, 1.54) is 0 Å². The van der Waals surface area contributed by atoms with Crippen molar-refractivity contribution in [3.05, 3.63) is 0 Å². The van der Waals surface area contributed by atoms with E-state index in [1.807, 2.05) is 41.5 Å². The van der Waals surface area contributed by atoms with Crippen LogP contribution in [-0.4, -0.2) is 59.9 Å². The number of hydrogen-bond acceptors (Lipinski definition) is 7. The summed E-state index contributed by atoms with van der Waals surface area (Å²) in [6, 6.07) is 0. The van der Waals surface area contributed by atoms with Gasteiger partial charge in [0, 0.05) is 19.0 Å². The van der Waals surface area contributed by atoms with Crippen molar-refractivity contribution >= 4 is 23.9 Å². The van der Waals surface area contributed by atoms with Crippen molar-refractivity contribution in [3.63, 3.8) is 0 Å². The first-order valence-corrected chi connectivity index (χ1v) is 13.5. The Hall–Kier alpha value is -2.36. The molecular formula is C27H49N3O7. The van der Waals surface area contributed by atoms with E-state index in [-0.39, 0.29) is 30.3 Å². The van der Waals surface area contributed by atoms with Crippen LogP contribution in [0.4, 0.5) is 9.59 Å². The van der Waals surface area contributed by atoms with E-state index in [9.17, 15) is 19.2 Å². The molecule has 0 aliphatic heterocycles. The van der Waals surface area contributed by atoms with Crippen molar-refractivity contribution in [3.8, 4) is 0 Å². The monoisotopic (exact) mass is 527 g/mol. The zero-order chi connectivity index (χ0) is 28.2. The number of Topliss-reactive ketones (excluding diaryl/α,β-unsaturated/α-hetero) is 1. The van der Waals surface area contributed by atoms with Gasteiger partial charge in [-0.2, -0.15) is 0 Å². The summed E-state index contributed by atoms with van der Waals surface area (Å²) in [5.41, 5.74) is 4.43. The minimum atomic E-state index is -0.700. The number of ether oxygens (including phenoxy) is 2. The van der Waals surface area contributed by atoms with E-state index in [4.69, 9.17) is 20.3 Å². The molecule has 2 rings (SSSR count). The molecule has 2 fully saturated rings. The summed E-state index contributed by atoms with van der Waals surface area (Å²) in [7, 11) is 0. The number of carbonyl (C=O) groups excluding carboxylic acids is 3. The number of nitrogens with two attached hydrogens (primary N) is 1. The molecule has 10 nitrogen and oxygen atoms in total. The Balaban J connectivity index is 0.000000371. The molecule has 0 unspecified atom stereocenters. The molecule has 2 aliphatic rings. The summed E-state index contributed by atoms with van der Waals surface area (Å²) in [5.74, 6) is 0.195. The minimum absolute atomic E-state index is 0.128. The first kappa shape index (κ1) is 32.7. The first-order valence-electron chi connectivity index (χ1n) is 13.5. The van der Waals surface area contributed by atoms with Gasteiger partial charge in [0.1, 0.15) is 17.0 Å². The number of amides is 2. The van der Waals surface area contributed by atoms with Crippen molar-refractivity contribution < 1.29 is 33.8 Å². The van der Waals surface area contributed by atoms with Gasteiger partial charge in [0.25, 0.3) is 0 Å². The summed E-state index contributed by atoms with van der Waals surface area (Å²) < 4.78 is 10.3. The maximum absolute atomic E-state index is 11.5. The summed E-state index contributed by atoms with van der Waals surface area (Å²) >= 11 is 0. The number of ketones is 1. The summed E-state index contributed by atoms with van der Waals surface area (Å²) in [5, 5.41) is 14.4. The summed E-state index contributed by atoms with van der Waals surface area (Å²) in [6.07, 6.45) is 6.05. The Morgan fingerprint density at radius 2 is 1.05 bits per heavy atom. The maximum atomic E-state index is 11.5. The van der Waals surface area contributed by atoms with Crippen molar-refractivity contribution in [1.29, 1.82) is 0 Å². The van der Waals surface area contributed by atoms with Crippen LogP contribution in [0, 0.1) is 23.7 Å². The Bertz CT molecular complexity index is 742. The van der Waals surface area contributed by atoms with Gasteiger partial charge in [0.05, 0.1) is 12.5 Å². The third-order valence-electron chi connectivity index (χ3n) is 6.57. The highest BCUT2D eigenvalue weighted by molar-refractivity contribution is 5.82. The first-order chi connectivity index (χ1) is 17.1. The number of rotatable bonds is 7. The van der Waals surface area contributed by atoms with Gasteiger partial charge < -0.3 is 30.9 Å². The number of carboxylic acid groups (broad SMARTS) is 1. The molecule has 0 bridgehead atoms. The van der Waals surface area contributed by atoms with Crippen LogP contribution in [0.2, 0.25) is 0 Å². The molecule has 2 aliphatic carbocycles. The standard InChI is InChI=1S/C14H26N2O3.C13H23NO4/c1-14(2,3)19-13(18)16-9-10-4-6-11(7-5-10)12(17)8-15;1-13(2,3)18-12(17)14-8-9-4-6-10(7-5-9)11(15)16/h10-11H,4-9,15H2,1-3H3,(H,16,18);9-10H,4-8H2,1-3H3,(H,14,17)(H,15,16). The molecule has 0 atom stereocenters. The fourth-order valence-electron chi connectivity index (χ4n) is 4.55. The average Bonchev–Trinajstić information content (AvgIpc) is 2.80. The third-order valence-corrected chi connectivity index (χ3v) is 6.57. The van der Waals surface area contributed by atoms with Crippen LogP contribution in [0.3, 0.4) is 0 Å². The highest BCUT2D eigenvalue weighted by Crippen LogP contribution is 2.29. The van der Waals surface area contributed by atoms with Gasteiger partial charge in [0.15, 0.2) is 0 Å². The minimum Gasteiger partial charge on any atom is -0.481 e. The number of aliphatic carboxylic acids is 1. The average molecular weight is 528 g/mol. The Morgan fingerprint density at radius 1 is 0.703 bits per heavy atom. The second kappa shape index (κ2) is 15.1. The van der Waals surface area contributed by atoms with Crippen LogP contribution in [0.15, 0.2) is 0 Å². The third kappa shape index (κ3) is 14.8. The fraction of sp³-hybridized carbons (Fsp3) is 0.852. The van der Waals surface area contributed by atoms with Gasteiger partial charge >= 0.3 is 18.2 Å². The topological polar surface area (TPSA) is 157 Å². The molecule has 2 saturated carbocycles. The molecule has 37 heavy (non-hydrogen) atoms. The van der Waals surface area contributed by atoms with Crippen LogP contribution >= 0.6 is 0 Å². The Labute approximate surface area is 221 Å². The molecular weight excluding hydrogens is 478 g/mol. The molecule has 10 heteroatoms. The Kier molecular flexibility index (Phi) is 13.4. The van der Waals surface area contributed by atoms with Crippen molar-refractivity contribution in [2.75, 3.05) is 19.6 Å². The number of hydrogen-bond donors (Lipinski definition) is 4. The van der Waals surface area contributed by atoms with Gasteiger partial charge in [-0.3, -0.25) is 9.59 Å². The lowest BCUT2D eigenvalue weighted by Crippen LogP contribution is -2.37. The van der Waals surface area contributed by atoms with E-state index in [1.54, 1.807) is 0 Å². The molecule has 2 amide bonds. The predicted octanol–water partition coefficient (Wildman–Crippen LogP) is 4.25. The number of carbonyl (C=O) groups is 4. The van der Waals surface area contributed by atoms with E-state index in [2.05, 4.69) is 10.6 Å². The largest absolute Gasteiger partial charge is 0.481 e. The molecule has 0 heterocycles. The second-order valence-corrected chi connectivity index (χ2v) is 12.2. The molecule has 0 aromatic heterocycles. The SMILES string of the molecule is CC(C)(C)OC(=O)NCC1CCC(C(=O)CN)CC1.CC(C)(C)OC(=O)NCC1CCC(C(=O)O)CC1. The van der Waals surface area contributed by atoms with Crippen LogP contribution in [0.25, 0.3) is 0 Å². The molecule has 0 aromatic rings. The zero-order valence-corrected chi connectivity index (χ0v) is 23.6. The van der Waals surface area contributed by atoms with Gasteiger partial charge in [-0.15, -0.1) is 0 Å². The highest BCUT2D eigenvalue weighted by Gasteiger charge is 2.27. The smallest absolute Gasteiger partial charge is 0.407 e. The lowest BCUT2D eigenvalue weighted by Gasteiger charge is -2.28. The number of nitrogens with one attached hydrogen (secondary N) is 2. The van der Waals surface area contributed by atoms with Gasteiger partial charge in [0.2, 0.25) is 0 Å². The van der Waals surface area contributed by atoms with E-state index < -0.39 is 23.3 Å². The highest BCUT2D eigenvalue weighted by atomic mass is 16.6. The second-order valence-electron chi connectivity index (χ2n) is 12.2. The van der Waals surface area contributed by atoms with Crippen LogP contribution < -0.4 is 16.4 Å². The molecule has 0 radical (unpaired) electrons. The maximum Gasteiger partial charge on any atom is 0.407 e. The zero-order valence-electron chi connectivity index (χ0n) is 23.6. The number of carboxylic acids is 1. The van der Waals surface area contributed by atoms with Crippen LogP contribution in [-0.2, 0) is 19.1 Å². The van der Waals surface area contributed by atoms with E-state index in [0.717, 1.165) is 38.5 Å². The van der Waals surface area contributed by atoms with Crippen molar-refractivity contribution in [2.24, 2.45) is 29.4 Å². The summed E-state index contributed by atoms with van der Waals surface area (Å²) in [6.45, 7) is 12.3. The lowest BCUT2D eigenvalue weighted by molar-refractivity contribution is -0.143. The predicted molar refractivity (Wildman–Crippen MR) is 141 cm³/mol. The normalized spacial score (nSPS) is 24.1. The van der Waals surface area contributed by atoms with Crippen molar-refractivity contribution in [1.82, 2.24) is 10.6 Å². The molecule has 0 spiro atoms. The molecule has 5 N–H and O–H groups in total. The van der Waals surface area contributed by atoms with Gasteiger partial charge in [-0.1, -0.05) is 0 Å². The van der Waals surface area contributed by atoms with E-state index in [0.29, 0.717) is 37.8 Å². The van der Waals surface area contributed by atoms with E-state index >= 15 is 0 Å².